The normalized spacial score (nSPS) is 21.8. The third kappa shape index (κ3) is 2.43. The molecule has 1 aliphatic heterocycles. The Hall–Kier alpha value is -1.81. The van der Waals surface area contributed by atoms with Crippen LogP contribution >= 0.6 is 0 Å². The molecule has 1 aliphatic rings. The molecule has 2 N–H and O–H groups in total. The maximum Gasteiger partial charge on any atom is 0.287 e. The number of para-hydroxylation sites is 1. The summed E-state index contributed by atoms with van der Waals surface area (Å²) in [7, 11) is 0. The third-order valence-electron chi connectivity index (χ3n) is 4.09. The molecule has 1 fully saturated rings. The SMILES string of the molecule is CC1(C)CNCCC1NC(=O)c1cc2ccccc2o1. The number of carbonyl (C=O) groups is 1. The minimum absolute atomic E-state index is 0.0555. The number of furan rings is 1. The molecule has 1 aromatic carbocycles. The first-order valence-electron chi connectivity index (χ1n) is 7.06. The maximum absolute atomic E-state index is 12.3. The standard InChI is InChI=1S/C16H20N2O2/c1-16(2)10-17-8-7-14(16)18-15(19)13-9-11-5-3-4-6-12(11)20-13/h3-6,9,14,17H,7-8,10H2,1-2H3,(H,18,19). The lowest BCUT2D eigenvalue weighted by Gasteiger charge is -2.39. The zero-order valence-electron chi connectivity index (χ0n) is 11.9. The number of rotatable bonds is 2. The van der Waals surface area contributed by atoms with E-state index >= 15 is 0 Å². The highest BCUT2D eigenvalue weighted by atomic mass is 16.3. The molecule has 20 heavy (non-hydrogen) atoms. The van der Waals surface area contributed by atoms with Crippen LogP contribution in [-0.2, 0) is 0 Å². The highest BCUT2D eigenvalue weighted by molar-refractivity contribution is 5.96. The van der Waals surface area contributed by atoms with Crippen LogP contribution in [-0.4, -0.2) is 25.0 Å². The van der Waals surface area contributed by atoms with E-state index in [1.807, 2.05) is 24.3 Å². The van der Waals surface area contributed by atoms with Gasteiger partial charge in [-0.05, 0) is 30.5 Å². The maximum atomic E-state index is 12.3. The van der Waals surface area contributed by atoms with Gasteiger partial charge in [0.1, 0.15) is 5.58 Å². The number of fused-ring (bicyclic) bond motifs is 1. The smallest absolute Gasteiger partial charge is 0.287 e. The van der Waals surface area contributed by atoms with Gasteiger partial charge >= 0.3 is 0 Å². The Morgan fingerprint density at radius 1 is 1.40 bits per heavy atom. The summed E-state index contributed by atoms with van der Waals surface area (Å²) in [5, 5.41) is 7.44. The predicted octanol–water partition coefficient (Wildman–Crippen LogP) is 2.55. The molecular weight excluding hydrogens is 252 g/mol. The molecule has 2 heterocycles. The van der Waals surface area contributed by atoms with Crippen molar-refractivity contribution < 1.29 is 9.21 Å². The first-order chi connectivity index (χ1) is 9.56. The second kappa shape index (κ2) is 4.94. The van der Waals surface area contributed by atoms with E-state index in [1.165, 1.54) is 0 Å². The molecule has 1 atom stereocenters. The van der Waals surface area contributed by atoms with Crippen LogP contribution in [0.3, 0.4) is 0 Å². The zero-order valence-corrected chi connectivity index (χ0v) is 11.9. The van der Waals surface area contributed by atoms with E-state index in [0.29, 0.717) is 5.76 Å². The summed E-state index contributed by atoms with van der Waals surface area (Å²) in [5.41, 5.74) is 0.808. The minimum Gasteiger partial charge on any atom is -0.451 e. The lowest BCUT2D eigenvalue weighted by atomic mass is 9.80. The molecule has 1 saturated heterocycles. The van der Waals surface area contributed by atoms with E-state index in [1.54, 1.807) is 6.07 Å². The van der Waals surface area contributed by atoms with Crippen LogP contribution < -0.4 is 10.6 Å². The fourth-order valence-electron chi connectivity index (χ4n) is 2.76. The molecule has 4 heteroatoms. The van der Waals surface area contributed by atoms with E-state index < -0.39 is 0 Å². The Bertz CT molecular complexity index is 597. The summed E-state index contributed by atoms with van der Waals surface area (Å²) in [5.74, 6) is 0.265. The Labute approximate surface area is 118 Å². The highest BCUT2D eigenvalue weighted by Crippen LogP contribution is 2.26. The van der Waals surface area contributed by atoms with E-state index in [9.17, 15) is 4.79 Å². The first kappa shape index (κ1) is 13.2. The number of piperidine rings is 1. The fraction of sp³-hybridized carbons (Fsp3) is 0.438. The van der Waals surface area contributed by atoms with Crippen molar-refractivity contribution in [2.45, 2.75) is 26.3 Å². The van der Waals surface area contributed by atoms with Gasteiger partial charge in [0.2, 0.25) is 0 Å². The van der Waals surface area contributed by atoms with Gasteiger partial charge in [0.25, 0.3) is 5.91 Å². The first-order valence-corrected chi connectivity index (χ1v) is 7.06. The quantitative estimate of drug-likeness (QED) is 0.883. The van der Waals surface area contributed by atoms with Crippen LogP contribution in [0.5, 0.6) is 0 Å². The van der Waals surface area contributed by atoms with Crippen molar-refractivity contribution in [1.82, 2.24) is 10.6 Å². The average Bonchev–Trinajstić information content (AvgIpc) is 2.85. The Kier molecular flexibility index (Phi) is 3.26. The van der Waals surface area contributed by atoms with Crippen LogP contribution in [0.1, 0.15) is 30.8 Å². The average molecular weight is 272 g/mol. The summed E-state index contributed by atoms with van der Waals surface area (Å²) in [4.78, 5) is 12.3. The predicted molar refractivity (Wildman–Crippen MR) is 78.7 cm³/mol. The van der Waals surface area contributed by atoms with Gasteiger partial charge in [-0.25, -0.2) is 0 Å². The molecule has 1 unspecified atom stereocenters. The number of hydrogen-bond acceptors (Lipinski definition) is 3. The van der Waals surface area contributed by atoms with Gasteiger partial charge in [0.15, 0.2) is 5.76 Å². The summed E-state index contributed by atoms with van der Waals surface area (Å²) in [6, 6.07) is 9.65. The molecule has 0 spiro atoms. The van der Waals surface area contributed by atoms with Crippen molar-refractivity contribution in [3.63, 3.8) is 0 Å². The molecule has 106 valence electrons. The molecule has 0 bridgehead atoms. The second-order valence-corrected chi connectivity index (χ2v) is 6.13. The Morgan fingerprint density at radius 3 is 2.95 bits per heavy atom. The molecule has 0 saturated carbocycles. The second-order valence-electron chi connectivity index (χ2n) is 6.13. The van der Waals surface area contributed by atoms with Gasteiger partial charge in [0.05, 0.1) is 0 Å². The number of hydrogen-bond donors (Lipinski definition) is 2. The molecule has 0 aliphatic carbocycles. The van der Waals surface area contributed by atoms with Crippen molar-refractivity contribution in [2.24, 2.45) is 5.41 Å². The summed E-state index contributed by atoms with van der Waals surface area (Å²) >= 11 is 0. The van der Waals surface area contributed by atoms with Crippen molar-refractivity contribution in [2.75, 3.05) is 13.1 Å². The lowest BCUT2D eigenvalue weighted by Crippen LogP contribution is -2.54. The van der Waals surface area contributed by atoms with Crippen LogP contribution in [0.2, 0.25) is 0 Å². The van der Waals surface area contributed by atoms with Gasteiger partial charge in [-0.2, -0.15) is 0 Å². The third-order valence-corrected chi connectivity index (χ3v) is 4.09. The summed E-state index contributed by atoms with van der Waals surface area (Å²) in [6.45, 7) is 6.19. The number of carbonyl (C=O) groups excluding carboxylic acids is 1. The number of nitrogens with one attached hydrogen (secondary N) is 2. The van der Waals surface area contributed by atoms with E-state index in [0.717, 1.165) is 30.5 Å². The molecule has 1 amide bonds. The molecule has 2 aromatic rings. The van der Waals surface area contributed by atoms with Gasteiger partial charge in [-0.15, -0.1) is 0 Å². The van der Waals surface area contributed by atoms with Crippen LogP contribution in [0.4, 0.5) is 0 Å². The summed E-state index contributed by atoms with van der Waals surface area (Å²) < 4.78 is 5.61. The molecule has 0 radical (unpaired) electrons. The van der Waals surface area contributed by atoms with Crippen molar-refractivity contribution in [3.8, 4) is 0 Å². The van der Waals surface area contributed by atoms with Gasteiger partial charge in [-0.3, -0.25) is 4.79 Å². The lowest BCUT2D eigenvalue weighted by molar-refractivity contribution is 0.0843. The fourth-order valence-corrected chi connectivity index (χ4v) is 2.76. The molecule has 1 aromatic heterocycles. The van der Waals surface area contributed by atoms with Crippen LogP contribution in [0.25, 0.3) is 11.0 Å². The number of amides is 1. The topological polar surface area (TPSA) is 54.3 Å². The largest absolute Gasteiger partial charge is 0.451 e. The van der Waals surface area contributed by atoms with Crippen molar-refractivity contribution in [3.05, 3.63) is 36.1 Å². The highest BCUT2D eigenvalue weighted by Gasteiger charge is 2.33. The number of benzene rings is 1. The van der Waals surface area contributed by atoms with E-state index in [-0.39, 0.29) is 17.4 Å². The molecular formula is C16H20N2O2. The van der Waals surface area contributed by atoms with Gasteiger partial charge < -0.3 is 15.1 Å². The van der Waals surface area contributed by atoms with Gasteiger partial charge in [-0.1, -0.05) is 32.0 Å². The van der Waals surface area contributed by atoms with E-state index in [4.69, 9.17) is 4.42 Å². The summed E-state index contributed by atoms with van der Waals surface area (Å²) in [6.07, 6.45) is 0.943. The van der Waals surface area contributed by atoms with Gasteiger partial charge in [0, 0.05) is 18.0 Å². The Morgan fingerprint density at radius 2 is 2.20 bits per heavy atom. The van der Waals surface area contributed by atoms with E-state index in [2.05, 4.69) is 24.5 Å². The molecule has 3 rings (SSSR count). The Balaban J connectivity index is 1.78. The van der Waals surface area contributed by atoms with Crippen LogP contribution in [0.15, 0.2) is 34.7 Å². The monoisotopic (exact) mass is 272 g/mol. The minimum atomic E-state index is -0.124. The molecule has 4 nitrogen and oxygen atoms in total. The zero-order chi connectivity index (χ0) is 14.2. The van der Waals surface area contributed by atoms with Crippen molar-refractivity contribution >= 4 is 16.9 Å². The van der Waals surface area contributed by atoms with Crippen molar-refractivity contribution in [1.29, 1.82) is 0 Å². The van der Waals surface area contributed by atoms with Crippen LogP contribution in [0, 0.1) is 5.41 Å².